The molecule has 2 N–H and O–H groups in total. The number of carbonyl (C=O) groups excluding carboxylic acids is 1. The van der Waals surface area contributed by atoms with Crippen molar-refractivity contribution in [2.45, 2.75) is 37.3 Å². The lowest BCUT2D eigenvalue weighted by molar-refractivity contribution is -0.115. The van der Waals surface area contributed by atoms with Gasteiger partial charge in [0.1, 0.15) is 0 Å². The van der Waals surface area contributed by atoms with Crippen molar-refractivity contribution in [2.24, 2.45) is 0 Å². The van der Waals surface area contributed by atoms with Crippen LogP contribution in [0.4, 0.5) is 11.4 Å². The summed E-state index contributed by atoms with van der Waals surface area (Å²) in [5.74, 6) is 0.740. The smallest absolute Gasteiger partial charge is 0.237 e. The zero-order valence-electron chi connectivity index (χ0n) is 17.9. The minimum atomic E-state index is -0.333. The van der Waals surface area contributed by atoms with E-state index in [-0.39, 0.29) is 11.2 Å². The Bertz CT molecular complexity index is 1220. The quantitative estimate of drug-likeness (QED) is 0.320. The molecule has 164 valence electrons. The SMILES string of the molecule is CCn1c(CNc2ccc(Cl)cc2)nnc1S[C@@H](C)C(=O)Nc1cccc2ccccc12. The fourth-order valence-corrected chi connectivity index (χ4v) is 4.44. The minimum absolute atomic E-state index is 0.0714. The Morgan fingerprint density at radius 2 is 1.81 bits per heavy atom. The number of amides is 1. The topological polar surface area (TPSA) is 71.8 Å². The highest BCUT2D eigenvalue weighted by Crippen LogP contribution is 2.27. The fraction of sp³-hybridized carbons (Fsp3) is 0.208. The Labute approximate surface area is 196 Å². The first kappa shape index (κ1) is 22.2. The number of aromatic nitrogens is 3. The van der Waals surface area contributed by atoms with Gasteiger partial charge in [-0.1, -0.05) is 59.8 Å². The summed E-state index contributed by atoms with van der Waals surface area (Å²) >= 11 is 7.35. The minimum Gasteiger partial charge on any atom is -0.378 e. The number of carbonyl (C=O) groups is 1. The van der Waals surface area contributed by atoms with E-state index in [2.05, 4.69) is 20.8 Å². The molecule has 0 aliphatic carbocycles. The van der Waals surface area contributed by atoms with Gasteiger partial charge in [0.15, 0.2) is 11.0 Å². The maximum atomic E-state index is 12.9. The van der Waals surface area contributed by atoms with Crippen LogP contribution in [-0.2, 0) is 17.9 Å². The first-order chi connectivity index (χ1) is 15.5. The average molecular weight is 466 g/mol. The van der Waals surface area contributed by atoms with Gasteiger partial charge in [-0.25, -0.2) is 0 Å². The Hall–Kier alpha value is -3.03. The van der Waals surface area contributed by atoms with Gasteiger partial charge in [-0.3, -0.25) is 4.79 Å². The van der Waals surface area contributed by atoms with Gasteiger partial charge in [-0.2, -0.15) is 0 Å². The molecule has 3 aromatic carbocycles. The molecule has 0 fully saturated rings. The van der Waals surface area contributed by atoms with Crippen molar-refractivity contribution in [3.63, 3.8) is 0 Å². The number of thioether (sulfide) groups is 1. The lowest BCUT2D eigenvalue weighted by Crippen LogP contribution is -2.23. The zero-order valence-corrected chi connectivity index (χ0v) is 19.5. The summed E-state index contributed by atoms with van der Waals surface area (Å²) in [5, 5.41) is 18.2. The molecular weight excluding hydrogens is 442 g/mol. The molecule has 0 bridgehead atoms. The molecule has 4 aromatic rings. The molecule has 0 spiro atoms. The van der Waals surface area contributed by atoms with E-state index in [1.165, 1.54) is 11.8 Å². The largest absolute Gasteiger partial charge is 0.378 e. The van der Waals surface area contributed by atoms with E-state index in [1.807, 2.05) is 85.1 Å². The van der Waals surface area contributed by atoms with Crippen LogP contribution in [0.2, 0.25) is 5.02 Å². The first-order valence-corrected chi connectivity index (χ1v) is 11.7. The van der Waals surface area contributed by atoms with Gasteiger partial charge in [0.05, 0.1) is 11.8 Å². The van der Waals surface area contributed by atoms with Crippen LogP contribution in [0.3, 0.4) is 0 Å². The Morgan fingerprint density at radius 3 is 2.59 bits per heavy atom. The molecule has 0 unspecified atom stereocenters. The lowest BCUT2D eigenvalue weighted by Gasteiger charge is -2.14. The van der Waals surface area contributed by atoms with Gasteiger partial charge in [0.2, 0.25) is 5.91 Å². The van der Waals surface area contributed by atoms with E-state index >= 15 is 0 Å². The molecule has 8 heteroatoms. The van der Waals surface area contributed by atoms with Gasteiger partial charge >= 0.3 is 0 Å². The van der Waals surface area contributed by atoms with Crippen LogP contribution in [0.5, 0.6) is 0 Å². The lowest BCUT2D eigenvalue weighted by atomic mass is 10.1. The summed E-state index contributed by atoms with van der Waals surface area (Å²) in [5.41, 5.74) is 1.77. The van der Waals surface area contributed by atoms with Crippen molar-refractivity contribution in [3.8, 4) is 0 Å². The van der Waals surface area contributed by atoms with Gasteiger partial charge in [-0.15, -0.1) is 10.2 Å². The van der Waals surface area contributed by atoms with E-state index in [9.17, 15) is 4.79 Å². The molecule has 1 aromatic heterocycles. The summed E-state index contributed by atoms with van der Waals surface area (Å²) in [6.07, 6.45) is 0. The second-order valence-corrected chi connectivity index (χ2v) is 9.02. The molecule has 32 heavy (non-hydrogen) atoms. The third-order valence-corrected chi connectivity index (χ3v) is 6.44. The Kier molecular flexibility index (Phi) is 6.97. The predicted molar refractivity (Wildman–Crippen MR) is 132 cm³/mol. The van der Waals surface area contributed by atoms with Crippen LogP contribution in [0.25, 0.3) is 10.8 Å². The van der Waals surface area contributed by atoms with Crippen molar-refractivity contribution >= 4 is 51.4 Å². The number of hydrogen-bond donors (Lipinski definition) is 2. The Morgan fingerprint density at radius 1 is 1.06 bits per heavy atom. The molecule has 0 saturated heterocycles. The van der Waals surface area contributed by atoms with E-state index < -0.39 is 0 Å². The number of anilines is 2. The molecule has 1 atom stereocenters. The fourth-order valence-electron chi connectivity index (χ4n) is 3.38. The number of hydrogen-bond acceptors (Lipinski definition) is 5. The van der Waals surface area contributed by atoms with Crippen molar-refractivity contribution in [1.82, 2.24) is 14.8 Å². The number of halogens is 1. The van der Waals surface area contributed by atoms with Crippen molar-refractivity contribution in [2.75, 3.05) is 10.6 Å². The van der Waals surface area contributed by atoms with Crippen molar-refractivity contribution in [1.29, 1.82) is 0 Å². The standard InChI is InChI=1S/C24H24ClN5OS/c1-3-30-22(15-26-19-13-11-18(25)12-14-19)28-29-24(30)32-16(2)23(31)27-21-10-6-8-17-7-4-5-9-20(17)21/h4-14,16,26H,3,15H2,1-2H3,(H,27,31)/t16-/m0/s1. The molecule has 0 saturated carbocycles. The van der Waals surface area contributed by atoms with Crippen LogP contribution >= 0.6 is 23.4 Å². The predicted octanol–water partition coefficient (Wildman–Crippen LogP) is 5.84. The first-order valence-electron chi connectivity index (χ1n) is 10.4. The molecule has 1 amide bonds. The molecule has 1 heterocycles. The van der Waals surface area contributed by atoms with Crippen LogP contribution in [0.1, 0.15) is 19.7 Å². The number of nitrogens with zero attached hydrogens (tertiary/aromatic N) is 3. The monoisotopic (exact) mass is 465 g/mol. The molecule has 4 rings (SSSR count). The highest BCUT2D eigenvalue weighted by atomic mass is 35.5. The van der Waals surface area contributed by atoms with Crippen LogP contribution in [0.15, 0.2) is 71.9 Å². The van der Waals surface area contributed by atoms with E-state index in [0.29, 0.717) is 18.1 Å². The summed E-state index contributed by atoms with van der Waals surface area (Å²) in [6.45, 7) is 5.16. The molecule has 6 nitrogen and oxygen atoms in total. The van der Waals surface area contributed by atoms with Crippen molar-refractivity contribution in [3.05, 3.63) is 77.6 Å². The maximum absolute atomic E-state index is 12.9. The number of fused-ring (bicyclic) bond motifs is 1. The second kappa shape index (κ2) is 10.1. The van der Waals surface area contributed by atoms with E-state index in [1.54, 1.807) is 0 Å². The van der Waals surface area contributed by atoms with Gasteiger partial charge in [0, 0.05) is 28.3 Å². The number of benzene rings is 3. The molecule has 0 aliphatic heterocycles. The summed E-state index contributed by atoms with van der Waals surface area (Å²) in [6, 6.07) is 21.4. The van der Waals surface area contributed by atoms with Gasteiger partial charge < -0.3 is 15.2 Å². The number of rotatable bonds is 8. The van der Waals surface area contributed by atoms with Crippen molar-refractivity contribution < 1.29 is 4.79 Å². The molecule has 0 radical (unpaired) electrons. The van der Waals surface area contributed by atoms with Crippen LogP contribution in [-0.4, -0.2) is 25.9 Å². The highest BCUT2D eigenvalue weighted by Gasteiger charge is 2.20. The van der Waals surface area contributed by atoms with Crippen LogP contribution in [0, 0.1) is 0 Å². The Balaban J connectivity index is 1.42. The third-order valence-electron chi connectivity index (χ3n) is 5.10. The number of nitrogens with one attached hydrogen (secondary N) is 2. The average Bonchev–Trinajstić information content (AvgIpc) is 3.20. The van der Waals surface area contributed by atoms with E-state index in [4.69, 9.17) is 11.6 Å². The molecule has 0 aliphatic rings. The summed E-state index contributed by atoms with van der Waals surface area (Å²) in [4.78, 5) is 12.9. The maximum Gasteiger partial charge on any atom is 0.237 e. The van der Waals surface area contributed by atoms with Gasteiger partial charge in [0.25, 0.3) is 0 Å². The van der Waals surface area contributed by atoms with E-state index in [0.717, 1.165) is 33.1 Å². The van der Waals surface area contributed by atoms with Crippen LogP contribution < -0.4 is 10.6 Å². The second-order valence-electron chi connectivity index (χ2n) is 7.28. The third kappa shape index (κ3) is 5.06. The van der Waals surface area contributed by atoms with Gasteiger partial charge in [-0.05, 0) is 49.6 Å². The highest BCUT2D eigenvalue weighted by molar-refractivity contribution is 8.00. The normalized spacial score (nSPS) is 12.0. The summed E-state index contributed by atoms with van der Waals surface area (Å²) in [7, 11) is 0. The summed E-state index contributed by atoms with van der Waals surface area (Å²) < 4.78 is 2.02. The zero-order chi connectivity index (χ0) is 22.5. The molecular formula is C24H24ClN5OS.